The summed E-state index contributed by atoms with van der Waals surface area (Å²) in [5, 5.41) is 9.64. The van der Waals surface area contributed by atoms with E-state index in [1.54, 1.807) is 6.20 Å². The number of nitrogens with two attached hydrogens (primary N) is 1. The molecule has 1 atom stereocenters. The first kappa shape index (κ1) is 10.6. The Hall–Kier alpha value is -1.94. The number of hydrogen-bond acceptors (Lipinski definition) is 3. The van der Waals surface area contributed by atoms with Gasteiger partial charge in [0.05, 0.1) is 11.9 Å². The lowest BCUT2D eigenvalue weighted by molar-refractivity contribution is -0.137. The highest BCUT2D eigenvalue weighted by Crippen LogP contribution is 2.19. The Kier molecular flexibility index (Phi) is 2.83. The predicted octanol–water partition coefficient (Wildman–Crippen LogP) is 1.71. The molecular weight excluding hydrogens is 204 g/mol. The molecule has 0 aliphatic heterocycles. The fraction of sp³-hybridized carbons (Fsp3) is 0.167. The van der Waals surface area contributed by atoms with E-state index in [4.69, 9.17) is 10.8 Å². The smallest absolute Gasteiger partial charge is 0.305 e. The van der Waals surface area contributed by atoms with Gasteiger partial charge in [-0.15, -0.1) is 0 Å². The highest BCUT2D eigenvalue weighted by Gasteiger charge is 2.10. The Labute approximate surface area is 92.7 Å². The third-order valence-corrected chi connectivity index (χ3v) is 2.45. The first-order valence-electron chi connectivity index (χ1n) is 4.99. The summed E-state index contributed by atoms with van der Waals surface area (Å²) in [5.41, 5.74) is 7.49. The minimum atomic E-state index is -0.890. The minimum absolute atomic E-state index is 0.0637. The lowest BCUT2D eigenvalue weighted by atomic mass is 10.0. The molecule has 0 amide bonds. The molecule has 0 saturated carbocycles. The molecule has 2 aromatic rings. The second-order valence-electron chi connectivity index (χ2n) is 3.66. The van der Waals surface area contributed by atoms with Crippen LogP contribution in [-0.2, 0) is 4.79 Å². The van der Waals surface area contributed by atoms with Gasteiger partial charge in [-0.25, -0.2) is 0 Å². The molecule has 1 heterocycles. The van der Waals surface area contributed by atoms with Crippen molar-refractivity contribution in [3.8, 4) is 0 Å². The second kappa shape index (κ2) is 4.28. The number of carbonyl (C=O) groups is 1. The second-order valence-corrected chi connectivity index (χ2v) is 3.66. The van der Waals surface area contributed by atoms with Crippen molar-refractivity contribution < 1.29 is 9.90 Å². The number of pyridine rings is 1. The minimum Gasteiger partial charge on any atom is -0.481 e. The van der Waals surface area contributed by atoms with Crippen LogP contribution in [0.25, 0.3) is 10.9 Å². The number of benzene rings is 1. The van der Waals surface area contributed by atoms with Crippen LogP contribution in [0.3, 0.4) is 0 Å². The van der Waals surface area contributed by atoms with E-state index in [0.717, 1.165) is 16.5 Å². The number of carboxylic acid groups (broad SMARTS) is 1. The Balaban J connectivity index is 2.35. The van der Waals surface area contributed by atoms with Gasteiger partial charge in [0.15, 0.2) is 0 Å². The number of carboxylic acids is 1. The van der Waals surface area contributed by atoms with Crippen molar-refractivity contribution in [1.29, 1.82) is 0 Å². The number of rotatable bonds is 3. The molecule has 0 saturated heterocycles. The Morgan fingerprint density at radius 3 is 3.00 bits per heavy atom. The third kappa shape index (κ3) is 2.17. The molecule has 4 heteroatoms. The van der Waals surface area contributed by atoms with Crippen molar-refractivity contribution in [3.63, 3.8) is 0 Å². The molecule has 0 unspecified atom stereocenters. The normalized spacial score (nSPS) is 12.6. The van der Waals surface area contributed by atoms with Crippen LogP contribution in [0.1, 0.15) is 18.0 Å². The average molecular weight is 216 g/mol. The molecule has 0 radical (unpaired) electrons. The van der Waals surface area contributed by atoms with Gasteiger partial charge in [0, 0.05) is 17.6 Å². The van der Waals surface area contributed by atoms with Crippen LogP contribution in [0, 0.1) is 0 Å². The molecule has 4 nitrogen and oxygen atoms in total. The summed E-state index contributed by atoms with van der Waals surface area (Å²) in [6.45, 7) is 0. The summed E-state index contributed by atoms with van der Waals surface area (Å²) >= 11 is 0. The molecule has 0 fully saturated rings. The zero-order chi connectivity index (χ0) is 11.5. The van der Waals surface area contributed by atoms with Gasteiger partial charge in [-0.05, 0) is 23.8 Å². The molecule has 2 rings (SSSR count). The number of nitrogens with zero attached hydrogens (tertiary/aromatic N) is 1. The Morgan fingerprint density at radius 1 is 1.44 bits per heavy atom. The fourth-order valence-electron chi connectivity index (χ4n) is 1.63. The van der Waals surface area contributed by atoms with E-state index < -0.39 is 12.0 Å². The first-order valence-corrected chi connectivity index (χ1v) is 4.99. The maximum absolute atomic E-state index is 10.6. The highest BCUT2D eigenvalue weighted by molar-refractivity contribution is 5.79. The van der Waals surface area contributed by atoms with Crippen LogP contribution in [-0.4, -0.2) is 16.1 Å². The standard InChI is InChI=1S/C12H12N2O2/c13-10(7-12(15)16)8-3-4-11-9(6-8)2-1-5-14-11/h1-6,10H,7,13H2,(H,15,16)/t10-/m1/s1. The quantitative estimate of drug-likeness (QED) is 0.818. The summed E-state index contributed by atoms with van der Waals surface area (Å²) in [5.74, 6) is -0.890. The highest BCUT2D eigenvalue weighted by atomic mass is 16.4. The molecule has 82 valence electrons. The molecule has 0 bridgehead atoms. The van der Waals surface area contributed by atoms with Crippen LogP contribution < -0.4 is 5.73 Å². The van der Waals surface area contributed by atoms with Crippen molar-refractivity contribution in [3.05, 3.63) is 42.1 Å². The van der Waals surface area contributed by atoms with Crippen molar-refractivity contribution in [2.75, 3.05) is 0 Å². The number of aromatic nitrogens is 1. The summed E-state index contributed by atoms with van der Waals surface area (Å²) < 4.78 is 0. The van der Waals surface area contributed by atoms with Crippen LogP contribution in [0.4, 0.5) is 0 Å². The maximum Gasteiger partial charge on any atom is 0.305 e. The van der Waals surface area contributed by atoms with E-state index in [0.29, 0.717) is 0 Å². The summed E-state index contributed by atoms with van der Waals surface area (Å²) in [4.78, 5) is 14.7. The summed E-state index contributed by atoms with van der Waals surface area (Å²) in [7, 11) is 0. The summed E-state index contributed by atoms with van der Waals surface area (Å²) in [6.07, 6.45) is 1.66. The SMILES string of the molecule is N[C@H](CC(=O)O)c1ccc2ncccc2c1. The van der Waals surface area contributed by atoms with E-state index in [1.807, 2.05) is 30.3 Å². The molecule has 16 heavy (non-hydrogen) atoms. The number of aliphatic carboxylic acids is 1. The van der Waals surface area contributed by atoms with Gasteiger partial charge in [-0.1, -0.05) is 12.1 Å². The molecule has 3 N–H and O–H groups in total. The predicted molar refractivity (Wildman–Crippen MR) is 60.9 cm³/mol. The lowest BCUT2D eigenvalue weighted by Crippen LogP contribution is -2.14. The monoisotopic (exact) mass is 216 g/mol. The Morgan fingerprint density at radius 2 is 2.25 bits per heavy atom. The lowest BCUT2D eigenvalue weighted by Gasteiger charge is -2.09. The van der Waals surface area contributed by atoms with Crippen molar-refractivity contribution in [2.24, 2.45) is 5.73 Å². The van der Waals surface area contributed by atoms with E-state index in [2.05, 4.69) is 4.98 Å². The van der Waals surface area contributed by atoms with Gasteiger partial charge < -0.3 is 10.8 Å². The zero-order valence-corrected chi connectivity index (χ0v) is 8.63. The van der Waals surface area contributed by atoms with Gasteiger partial charge in [0.25, 0.3) is 0 Å². The van der Waals surface area contributed by atoms with Crippen LogP contribution >= 0.6 is 0 Å². The number of fused-ring (bicyclic) bond motifs is 1. The van der Waals surface area contributed by atoms with Gasteiger partial charge in [-0.3, -0.25) is 9.78 Å². The third-order valence-electron chi connectivity index (χ3n) is 2.45. The number of hydrogen-bond donors (Lipinski definition) is 2. The maximum atomic E-state index is 10.6. The topological polar surface area (TPSA) is 76.2 Å². The van der Waals surface area contributed by atoms with E-state index in [9.17, 15) is 4.79 Å². The molecule has 0 aliphatic carbocycles. The van der Waals surface area contributed by atoms with Gasteiger partial charge in [-0.2, -0.15) is 0 Å². The van der Waals surface area contributed by atoms with Gasteiger partial charge in [0.1, 0.15) is 0 Å². The van der Waals surface area contributed by atoms with Gasteiger partial charge >= 0.3 is 5.97 Å². The first-order chi connectivity index (χ1) is 7.66. The average Bonchev–Trinajstić information content (AvgIpc) is 2.27. The molecule has 0 aliphatic rings. The molecule has 1 aromatic carbocycles. The van der Waals surface area contributed by atoms with E-state index >= 15 is 0 Å². The van der Waals surface area contributed by atoms with E-state index in [-0.39, 0.29) is 6.42 Å². The van der Waals surface area contributed by atoms with Crippen molar-refractivity contribution in [2.45, 2.75) is 12.5 Å². The zero-order valence-electron chi connectivity index (χ0n) is 8.63. The molecular formula is C12H12N2O2. The molecule has 0 spiro atoms. The molecule has 1 aromatic heterocycles. The summed E-state index contributed by atoms with van der Waals surface area (Å²) in [6, 6.07) is 8.86. The van der Waals surface area contributed by atoms with Crippen LogP contribution in [0.15, 0.2) is 36.5 Å². The van der Waals surface area contributed by atoms with Crippen LogP contribution in [0.5, 0.6) is 0 Å². The largest absolute Gasteiger partial charge is 0.481 e. The fourth-order valence-corrected chi connectivity index (χ4v) is 1.63. The van der Waals surface area contributed by atoms with E-state index in [1.165, 1.54) is 0 Å². The van der Waals surface area contributed by atoms with Crippen LogP contribution in [0.2, 0.25) is 0 Å². The van der Waals surface area contributed by atoms with Gasteiger partial charge in [0.2, 0.25) is 0 Å². The van der Waals surface area contributed by atoms with Crippen molar-refractivity contribution >= 4 is 16.9 Å². The van der Waals surface area contributed by atoms with Crippen molar-refractivity contribution in [1.82, 2.24) is 4.98 Å². The Bertz CT molecular complexity index is 525.